The van der Waals surface area contributed by atoms with Gasteiger partial charge in [0.2, 0.25) is 15.9 Å². The Balaban J connectivity index is 1.40. The van der Waals surface area contributed by atoms with Crippen molar-refractivity contribution in [1.29, 1.82) is 0 Å². The number of carbonyl (C=O) groups excluding carboxylic acids is 1. The van der Waals surface area contributed by atoms with Crippen LogP contribution in [0.15, 0.2) is 42.5 Å². The number of aryl methyl sites for hydroxylation is 1. The van der Waals surface area contributed by atoms with E-state index in [1.807, 2.05) is 0 Å². The predicted molar refractivity (Wildman–Crippen MR) is 204 cm³/mol. The van der Waals surface area contributed by atoms with Crippen molar-refractivity contribution in [1.82, 2.24) is 29.9 Å². The molecular formula is C39H35ClF7N7O5S. The molecule has 3 N–H and O–H groups in total. The third-order valence-corrected chi connectivity index (χ3v) is 11.2. The summed E-state index contributed by atoms with van der Waals surface area (Å²) in [6.45, 7) is 0.0691. The van der Waals surface area contributed by atoms with Gasteiger partial charge in [-0.05, 0) is 73.9 Å². The van der Waals surface area contributed by atoms with Crippen LogP contribution in [-0.2, 0) is 51.7 Å². The van der Waals surface area contributed by atoms with Gasteiger partial charge in [-0.25, -0.2) is 22.2 Å². The quantitative estimate of drug-likeness (QED) is 0.0992. The number of sulfonamides is 1. The van der Waals surface area contributed by atoms with Crippen LogP contribution in [0.25, 0.3) is 22.0 Å². The number of anilines is 1. The Bertz CT molecular complexity index is 2710. The number of aromatic nitrogens is 5. The fourth-order valence-corrected chi connectivity index (χ4v) is 8.65. The monoisotopic (exact) mass is 881 g/mol. The molecule has 1 saturated carbocycles. The number of alkyl halides is 5. The number of amides is 1. The van der Waals surface area contributed by atoms with E-state index in [1.165, 1.54) is 50.0 Å². The Morgan fingerprint density at radius 1 is 1.10 bits per heavy atom. The summed E-state index contributed by atoms with van der Waals surface area (Å²) in [6.07, 6.45) is -4.54. The molecule has 0 spiro atoms. The molecule has 0 bridgehead atoms. The standard InChI is InChI=1S/C39H35ClF7N7O5S/c1-37(56,18-59-3)12-11-22-5-6-23(24-8-10-27(40)31-33(24)53(2)51-36(31)52-60(4,57)58)32(48-22)28(15-19-13-20(41)16-21(42)14-19)49-29(55)17-54-35-30(34(50-54)39(45,46)47)25-7-9-26(25)38(35,43)44/h5-6,8,10,13-14,16,25-26,28,56H,7,9,15,17-18H2,1-4H3,(H,49,55)(H,51,52)/t25-,26+,28-,37?/m0/s1. The van der Waals surface area contributed by atoms with E-state index >= 15 is 8.78 Å². The zero-order valence-electron chi connectivity index (χ0n) is 32.1. The lowest BCUT2D eigenvalue weighted by Gasteiger charge is -2.34. The van der Waals surface area contributed by atoms with E-state index < -0.39 is 93.1 Å². The van der Waals surface area contributed by atoms with Gasteiger partial charge in [0.05, 0.1) is 40.5 Å². The first-order chi connectivity index (χ1) is 28.0. The summed E-state index contributed by atoms with van der Waals surface area (Å²) in [4.78, 5) is 18.7. The molecule has 0 radical (unpaired) electrons. The molecule has 1 unspecified atom stereocenters. The fraction of sp³-hybridized carbons (Fsp3) is 0.385. The number of fused-ring (bicyclic) bond motifs is 4. The van der Waals surface area contributed by atoms with Crippen LogP contribution in [0.1, 0.15) is 65.6 Å². The van der Waals surface area contributed by atoms with Gasteiger partial charge in [-0.3, -0.25) is 18.9 Å². The van der Waals surface area contributed by atoms with E-state index in [0.29, 0.717) is 16.3 Å². The van der Waals surface area contributed by atoms with E-state index in [1.54, 1.807) is 0 Å². The Morgan fingerprint density at radius 2 is 1.78 bits per heavy atom. The van der Waals surface area contributed by atoms with Crippen molar-refractivity contribution >= 4 is 44.3 Å². The number of benzene rings is 2. The van der Waals surface area contributed by atoms with Gasteiger partial charge in [-0.15, -0.1) is 0 Å². The van der Waals surface area contributed by atoms with Crippen molar-refractivity contribution in [2.45, 2.75) is 62.4 Å². The summed E-state index contributed by atoms with van der Waals surface area (Å²) >= 11 is 6.58. The lowest BCUT2D eigenvalue weighted by molar-refractivity contribution is -0.144. The zero-order valence-corrected chi connectivity index (χ0v) is 33.6. The Hall–Kier alpha value is -5.23. The number of pyridine rings is 1. The third kappa shape index (κ3) is 8.27. The number of rotatable bonds is 11. The van der Waals surface area contributed by atoms with Crippen molar-refractivity contribution in [3.8, 4) is 23.0 Å². The largest absolute Gasteiger partial charge is 0.435 e. The van der Waals surface area contributed by atoms with Gasteiger partial charge in [0, 0.05) is 42.8 Å². The second-order valence-electron chi connectivity index (χ2n) is 15.0. The van der Waals surface area contributed by atoms with Crippen LogP contribution < -0.4 is 10.0 Å². The molecule has 1 fully saturated rings. The summed E-state index contributed by atoms with van der Waals surface area (Å²) in [5.74, 6) is -4.02. The highest BCUT2D eigenvalue weighted by Gasteiger charge is 2.63. The number of nitrogens with one attached hydrogen (secondary N) is 2. The summed E-state index contributed by atoms with van der Waals surface area (Å²) in [5.41, 5.74) is -4.15. The van der Waals surface area contributed by atoms with E-state index in [4.69, 9.17) is 21.3 Å². The predicted octanol–water partition coefficient (Wildman–Crippen LogP) is 6.60. The summed E-state index contributed by atoms with van der Waals surface area (Å²) in [7, 11) is -1.03. The molecule has 7 rings (SSSR count). The molecule has 3 heterocycles. The minimum absolute atomic E-state index is 0.000669. The Labute approximate surface area is 343 Å². The SMILES string of the molecule is COCC(C)(O)C#Cc1ccc(-c2ccc(Cl)c3c(NS(C)(=O)=O)nn(C)c23)c([C@H](Cc2cc(F)cc(F)c2)NC(=O)Cn2nc(C(F)(F)F)c3c2C(F)(F)[C@@H]2CC[C@H]32)n1. The number of nitrogens with zero attached hydrogens (tertiary/aromatic N) is 5. The maximum absolute atomic E-state index is 15.7. The molecule has 1 amide bonds. The molecule has 318 valence electrons. The maximum atomic E-state index is 15.7. The molecule has 60 heavy (non-hydrogen) atoms. The molecule has 2 aromatic carbocycles. The molecular weight excluding hydrogens is 847 g/mol. The second-order valence-corrected chi connectivity index (χ2v) is 17.2. The van der Waals surface area contributed by atoms with Gasteiger partial charge in [0.1, 0.15) is 35.2 Å². The van der Waals surface area contributed by atoms with Gasteiger partial charge in [0.15, 0.2) is 11.5 Å². The molecule has 4 atom stereocenters. The summed E-state index contributed by atoms with van der Waals surface area (Å²) < 4.78 is 137. The van der Waals surface area contributed by atoms with E-state index in [-0.39, 0.29) is 63.7 Å². The minimum Gasteiger partial charge on any atom is -0.381 e. The van der Waals surface area contributed by atoms with Gasteiger partial charge >= 0.3 is 6.18 Å². The van der Waals surface area contributed by atoms with Gasteiger partial charge in [-0.1, -0.05) is 23.6 Å². The topological polar surface area (TPSA) is 153 Å². The average Bonchev–Trinajstić information content (AvgIpc) is 3.68. The highest BCUT2D eigenvalue weighted by Crippen LogP contribution is 2.64. The molecule has 2 aliphatic rings. The first-order valence-corrected chi connectivity index (χ1v) is 20.4. The third-order valence-electron chi connectivity index (χ3n) is 10.3. The smallest absolute Gasteiger partial charge is 0.381 e. The number of methoxy groups -OCH3 is 1. The van der Waals surface area contributed by atoms with Crippen LogP contribution in [0.4, 0.5) is 36.6 Å². The second kappa shape index (κ2) is 15.3. The first-order valence-electron chi connectivity index (χ1n) is 18.2. The first kappa shape index (κ1) is 42.9. The maximum Gasteiger partial charge on any atom is 0.435 e. The number of hydrogen-bond acceptors (Lipinski definition) is 8. The highest BCUT2D eigenvalue weighted by molar-refractivity contribution is 7.92. The number of hydrogen-bond donors (Lipinski definition) is 3. The highest BCUT2D eigenvalue weighted by atomic mass is 35.5. The molecule has 0 saturated heterocycles. The van der Waals surface area contributed by atoms with Crippen LogP contribution in [0, 0.1) is 29.4 Å². The normalized spacial score (nSPS) is 18.5. The lowest BCUT2D eigenvalue weighted by Crippen LogP contribution is -2.36. The van der Waals surface area contributed by atoms with E-state index in [0.717, 1.165) is 18.4 Å². The van der Waals surface area contributed by atoms with E-state index in [2.05, 4.69) is 32.1 Å². The van der Waals surface area contributed by atoms with Crippen LogP contribution in [-0.4, -0.2) is 69.5 Å². The molecule has 0 aliphatic heterocycles. The van der Waals surface area contributed by atoms with Crippen molar-refractivity contribution in [2.75, 3.05) is 24.7 Å². The van der Waals surface area contributed by atoms with E-state index in [9.17, 15) is 40.3 Å². The van der Waals surface area contributed by atoms with Crippen LogP contribution in [0.2, 0.25) is 5.02 Å². The van der Waals surface area contributed by atoms with Crippen molar-refractivity contribution in [3.05, 3.63) is 93.0 Å². The number of ether oxygens (including phenoxy) is 1. The van der Waals surface area contributed by atoms with Crippen LogP contribution in [0.3, 0.4) is 0 Å². The lowest BCUT2D eigenvalue weighted by atomic mass is 9.73. The van der Waals surface area contributed by atoms with Crippen molar-refractivity contribution in [2.24, 2.45) is 13.0 Å². The van der Waals surface area contributed by atoms with Crippen LogP contribution in [0.5, 0.6) is 0 Å². The summed E-state index contributed by atoms with van der Waals surface area (Å²) in [5, 5.41) is 21.3. The summed E-state index contributed by atoms with van der Waals surface area (Å²) in [6, 6.07) is 7.07. The van der Waals surface area contributed by atoms with Crippen molar-refractivity contribution < 1.29 is 53.8 Å². The average molecular weight is 882 g/mol. The molecule has 12 nitrogen and oxygen atoms in total. The fourth-order valence-electron chi connectivity index (χ4n) is 7.91. The molecule has 2 aliphatic carbocycles. The zero-order chi connectivity index (χ0) is 43.7. The van der Waals surface area contributed by atoms with Gasteiger partial charge in [-0.2, -0.15) is 32.1 Å². The van der Waals surface area contributed by atoms with Gasteiger partial charge in [0.25, 0.3) is 5.92 Å². The molecule has 3 aromatic heterocycles. The number of carbonyl (C=O) groups is 1. The number of halogens is 8. The Morgan fingerprint density at radius 3 is 2.40 bits per heavy atom. The minimum atomic E-state index is -5.10. The Kier molecular flexibility index (Phi) is 11.0. The molecule has 21 heteroatoms. The van der Waals surface area contributed by atoms with Gasteiger partial charge < -0.3 is 15.2 Å². The van der Waals surface area contributed by atoms with Crippen molar-refractivity contribution in [3.63, 3.8) is 0 Å². The molecule has 5 aromatic rings. The van der Waals surface area contributed by atoms with Crippen LogP contribution >= 0.6 is 11.6 Å². The number of aliphatic hydroxyl groups is 1.